The molecule has 1 aromatic heterocycles. The third-order valence-corrected chi connectivity index (χ3v) is 4.95. The molecule has 3 aromatic rings. The zero-order valence-electron chi connectivity index (χ0n) is 10.7. The van der Waals surface area contributed by atoms with Gasteiger partial charge in [-0.3, -0.25) is 0 Å². The maximum Gasteiger partial charge on any atom is 0.222 e. The Kier molecular flexibility index (Phi) is 3.80. The minimum absolute atomic E-state index is 0.127. The quantitative estimate of drug-likeness (QED) is 0.731. The van der Waals surface area contributed by atoms with Crippen LogP contribution in [0.4, 0.5) is 11.8 Å². The van der Waals surface area contributed by atoms with Gasteiger partial charge < -0.3 is 11.5 Å². The number of halogens is 2. The van der Waals surface area contributed by atoms with Crippen LogP contribution in [0.2, 0.25) is 10.0 Å². The number of nitrogen functional groups attached to an aromatic ring is 2. The van der Waals surface area contributed by atoms with Gasteiger partial charge in [0.25, 0.3) is 0 Å². The molecular weight excluding hydrogens is 327 g/mol. The van der Waals surface area contributed by atoms with Crippen LogP contribution in [0.1, 0.15) is 0 Å². The monoisotopic (exact) mass is 336 g/mol. The summed E-state index contributed by atoms with van der Waals surface area (Å²) in [6.07, 6.45) is 0. The molecule has 0 fully saturated rings. The van der Waals surface area contributed by atoms with Gasteiger partial charge in [-0.25, -0.2) is 4.98 Å². The van der Waals surface area contributed by atoms with E-state index in [1.165, 1.54) is 11.8 Å². The fourth-order valence-electron chi connectivity index (χ4n) is 1.94. The zero-order valence-corrected chi connectivity index (χ0v) is 13.0. The van der Waals surface area contributed by atoms with Crippen molar-refractivity contribution >= 4 is 57.6 Å². The molecule has 21 heavy (non-hydrogen) atoms. The van der Waals surface area contributed by atoms with E-state index in [0.29, 0.717) is 20.9 Å². The fourth-order valence-corrected chi connectivity index (χ4v) is 3.44. The Morgan fingerprint density at radius 2 is 1.67 bits per heavy atom. The Labute approximate surface area is 135 Å². The molecule has 1 heterocycles. The van der Waals surface area contributed by atoms with Crippen molar-refractivity contribution in [2.45, 2.75) is 9.79 Å². The van der Waals surface area contributed by atoms with Crippen LogP contribution < -0.4 is 11.5 Å². The van der Waals surface area contributed by atoms with Crippen molar-refractivity contribution in [3.05, 3.63) is 46.4 Å². The van der Waals surface area contributed by atoms with Crippen molar-refractivity contribution in [3.8, 4) is 0 Å². The highest BCUT2D eigenvalue weighted by Gasteiger charge is 2.13. The lowest BCUT2D eigenvalue weighted by Crippen LogP contribution is -2.01. The van der Waals surface area contributed by atoms with Gasteiger partial charge in [0.2, 0.25) is 5.95 Å². The smallest absolute Gasteiger partial charge is 0.222 e. The Morgan fingerprint density at radius 3 is 2.43 bits per heavy atom. The number of benzene rings is 2. The van der Waals surface area contributed by atoms with E-state index in [4.69, 9.17) is 34.7 Å². The number of fused-ring (bicyclic) bond motifs is 1. The first-order valence-electron chi connectivity index (χ1n) is 6.00. The lowest BCUT2D eigenvalue weighted by atomic mass is 10.2. The number of anilines is 2. The summed E-state index contributed by atoms with van der Waals surface area (Å²) in [4.78, 5) is 9.83. The maximum atomic E-state index is 6.44. The first-order chi connectivity index (χ1) is 10.1. The van der Waals surface area contributed by atoms with E-state index in [9.17, 15) is 0 Å². The SMILES string of the molecule is Nc1nc(N)c2c(Cl)c(Sc3ccccc3Cl)ccc2n1. The van der Waals surface area contributed by atoms with E-state index >= 15 is 0 Å². The molecule has 0 saturated heterocycles. The van der Waals surface area contributed by atoms with Crippen molar-refractivity contribution in [1.82, 2.24) is 9.97 Å². The third-order valence-electron chi connectivity index (χ3n) is 2.87. The summed E-state index contributed by atoms with van der Waals surface area (Å²) < 4.78 is 0. The van der Waals surface area contributed by atoms with E-state index in [0.717, 1.165) is 9.79 Å². The topological polar surface area (TPSA) is 77.8 Å². The van der Waals surface area contributed by atoms with Crippen LogP contribution in [0.15, 0.2) is 46.2 Å². The summed E-state index contributed by atoms with van der Waals surface area (Å²) >= 11 is 14.1. The molecule has 106 valence electrons. The predicted molar refractivity (Wildman–Crippen MR) is 88.9 cm³/mol. The minimum atomic E-state index is 0.127. The van der Waals surface area contributed by atoms with Crippen LogP contribution >= 0.6 is 35.0 Å². The van der Waals surface area contributed by atoms with Crippen molar-refractivity contribution < 1.29 is 0 Å². The van der Waals surface area contributed by atoms with Gasteiger partial charge in [0.1, 0.15) is 5.82 Å². The molecule has 2 aromatic carbocycles. The second-order valence-electron chi connectivity index (χ2n) is 4.27. The van der Waals surface area contributed by atoms with Crippen LogP contribution in [0.3, 0.4) is 0 Å². The molecule has 0 aliphatic rings. The number of aromatic nitrogens is 2. The molecule has 0 saturated carbocycles. The lowest BCUT2D eigenvalue weighted by Gasteiger charge is -2.10. The zero-order chi connectivity index (χ0) is 15.0. The van der Waals surface area contributed by atoms with Gasteiger partial charge in [-0.1, -0.05) is 47.1 Å². The Hall–Kier alpha value is -1.69. The molecule has 0 atom stereocenters. The molecule has 3 rings (SSSR count). The molecule has 0 spiro atoms. The number of nitrogens with zero attached hydrogens (tertiary/aromatic N) is 2. The summed E-state index contributed by atoms with van der Waals surface area (Å²) in [5.74, 6) is 0.395. The second-order valence-corrected chi connectivity index (χ2v) is 6.14. The van der Waals surface area contributed by atoms with E-state index < -0.39 is 0 Å². The van der Waals surface area contributed by atoms with E-state index in [1.54, 1.807) is 0 Å². The third kappa shape index (κ3) is 2.72. The van der Waals surface area contributed by atoms with E-state index in [2.05, 4.69) is 9.97 Å². The normalized spacial score (nSPS) is 11.0. The Morgan fingerprint density at radius 1 is 0.905 bits per heavy atom. The van der Waals surface area contributed by atoms with Gasteiger partial charge in [-0.2, -0.15) is 4.98 Å². The molecule has 0 aliphatic heterocycles. The highest BCUT2D eigenvalue weighted by Crippen LogP contribution is 2.40. The molecule has 0 unspecified atom stereocenters. The molecule has 0 bridgehead atoms. The first kappa shape index (κ1) is 14.3. The van der Waals surface area contributed by atoms with Crippen molar-refractivity contribution in [3.63, 3.8) is 0 Å². The summed E-state index contributed by atoms with van der Waals surface area (Å²) in [5.41, 5.74) is 12.1. The number of nitrogens with two attached hydrogens (primary N) is 2. The summed E-state index contributed by atoms with van der Waals surface area (Å²) in [6, 6.07) is 11.2. The summed E-state index contributed by atoms with van der Waals surface area (Å²) in [6.45, 7) is 0. The molecule has 4 N–H and O–H groups in total. The highest BCUT2D eigenvalue weighted by molar-refractivity contribution is 7.99. The predicted octanol–water partition coefficient (Wildman–Crippen LogP) is 4.25. The van der Waals surface area contributed by atoms with Gasteiger partial charge >= 0.3 is 0 Å². The molecule has 0 amide bonds. The fraction of sp³-hybridized carbons (Fsp3) is 0. The van der Waals surface area contributed by atoms with Crippen LogP contribution in [0, 0.1) is 0 Å². The van der Waals surface area contributed by atoms with E-state index in [1.807, 2.05) is 36.4 Å². The average molecular weight is 337 g/mol. The Bertz CT molecular complexity index is 839. The number of hydrogen-bond acceptors (Lipinski definition) is 5. The van der Waals surface area contributed by atoms with Crippen molar-refractivity contribution in [2.75, 3.05) is 11.5 Å². The van der Waals surface area contributed by atoms with Crippen LogP contribution in [0.25, 0.3) is 10.9 Å². The van der Waals surface area contributed by atoms with Gasteiger partial charge in [0, 0.05) is 9.79 Å². The molecular formula is C14H10Cl2N4S. The summed E-state index contributed by atoms with van der Waals surface area (Å²) in [5, 5.41) is 1.76. The van der Waals surface area contributed by atoms with Gasteiger partial charge in [-0.15, -0.1) is 0 Å². The largest absolute Gasteiger partial charge is 0.383 e. The molecule has 7 heteroatoms. The molecule has 0 radical (unpaired) electrons. The van der Waals surface area contributed by atoms with Gasteiger partial charge in [0.05, 0.1) is 20.9 Å². The standard InChI is InChI=1S/C14H10Cl2N4S/c15-7-3-1-2-4-9(7)21-10-6-5-8-11(12(10)16)13(17)20-14(18)19-8/h1-6H,(H4,17,18,19,20). The summed E-state index contributed by atoms with van der Waals surface area (Å²) in [7, 11) is 0. The Balaban J connectivity index is 2.13. The minimum Gasteiger partial charge on any atom is -0.383 e. The van der Waals surface area contributed by atoms with Crippen molar-refractivity contribution in [2.24, 2.45) is 0 Å². The van der Waals surface area contributed by atoms with E-state index in [-0.39, 0.29) is 11.8 Å². The van der Waals surface area contributed by atoms with Gasteiger partial charge in [-0.05, 0) is 24.3 Å². The average Bonchev–Trinajstić information content (AvgIpc) is 2.43. The maximum absolute atomic E-state index is 6.44. The van der Waals surface area contributed by atoms with Crippen LogP contribution in [-0.2, 0) is 0 Å². The van der Waals surface area contributed by atoms with Gasteiger partial charge in [0.15, 0.2) is 0 Å². The number of rotatable bonds is 2. The lowest BCUT2D eigenvalue weighted by molar-refractivity contribution is 1.24. The first-order valence-corrected chi connectivity index (χ1v) is 7.57. The van der Waals surface area contributed by atoms with Crippen LogP contribution in [0.5, 0.6) is 0 Å². The van der Waals surface area contributed by atoms with Crippen LogP contribution in [-0.4, -0.2) is 9.97 Å². The molecule has 0 aliphatic carbocycles. The molecule has 4 nitrogen and oxygen atoms in total. The highest BCUT2D eigenvalue weighted by atomic mass is 35.5. The number of hydrogen-bond donors (Lipinski definition) is 2. The van der Waals surface area contributed by atoms with Crippen molar-refractivity contribution in [1.29, 1.82) is 0 Å². The second kappa shape index (κ2) is 5.60.